The fourth-order valence-electron chi connectivity index (χ4n) is 3.28. The van der Waals surface area contributed by atoms with Gasteiger partial charge in [-0.15, -0.1) is 0 Å². The van der Waals surface area contributed by atoms with E-state index in [1.807, 2.05) is 0 Å². The summed E-state index contributed by atoms with van der Waals surface area (Å²) in [7, 11) is 2.15. The molecule has 0 spiro atoms. The molecule has 3 rings (SSSR count). The van der Waals surface area contributed by atoms with E-state index in [1.165, 1.54) is 12.8 Å². The van der Waals surface area contributed by atoms with Crippen LogP contribution < -0.4 is 15.5 Å². The molecule has 1 aromatic heterocycles. The van der Waals surface area contributed by atoms with Gasteiger partial charge in [0.25, 0.3) is 0 Å². The molecule has 0 radical (unpaired) electrons. The SMILES string of the molecule is CC1CCCN(c2ncnc(N3CCN(C)CC3)c2N)C1. The Hall–Kier alpha value is -1.56. The molecule has 0 aliphatic carbocycles. The van der Waals surface area contributed by atoms with Crippen LogP contribution in [0.3, 0.4) is 0 Å². The molecule has 6 heteroatoms. The maximum absolute atomic E-state index is 6.40. The first-order chi connectivity index (χ1) is 10.1. The molecule has 2 aliphatic heterocycles. The number of nitrogen functional groups attached to an aromatic ring is 1. The monoisotopic (exact) mass is 290 g/mol. The van der Waals surface area contributed by atoms with Crippen LogP contribution in [0.1, 0.15) is 19.8 Å². The van der Waals surface area contributed by atoms with Gasteiger partial charge in [-0.1, -0.05) is 6.92 Å². The van der Waals surface area contributed by atoms with Gasteiger partial charge in [-0.05, 0) is 25.8 Å². The molecule has 116 valence electrons. The van der Waals surface area contributed by atoms with Gasteiger partial charge in [-0.2, -0.15) is 0 Å². The van der Waals surface area contributed by atoms with E-state index in [2.05, 4.69) is 38.6 Å². The summed E-state index contributed by atoms with van der Waals surface area (Å²) in [4.78, 5) is 15.8. The zero-order chi connectivity index (χ0) is 14.8. The summed E-state index contributed by atoms with van der Waals surface area (Å²) in [5, 5.41) is 0. The molecule has 6 nitrogen and oxygen atoms in total. The largest absolute Gasteiger partial charge is 0.393 e. The Labute approximate surface area is 126 Å². The smallest absolute Gasteiger partial charge is 0.157 e. The van der Waals surface area contributed by atoms with E-state index in [9.17, 15) is 0 Å². The number of hydrogen-bond acceptors (Lipinski definition) is 6. The Morgan fingerprint density at radius 2 is 1.71 bits per heavy atom. The van der Waals surface area contributed by atoms with Crippen molar-refractivity contribution in [2.24, 2.45) is 5.92 Å². The lowest BCUT2D eigenvalue weighted by Gasteiger charge is -2.36. The van der Waals surface area contributed by atoms with Crippen molar-refractivity contribution >= 4 is 17.3 Å². The fourth-order valence-corrected chi connectivity index (χ4v) is 3.28. The Kier molecular flexibility index (Phi) is 4.14. The highest BCUT2D eigenvalue weighted by Crippen LogP contribution is 2.31. The molecule has 1 unspecified atom stereocenters. The molecule has 2 N–H and O–H groups in total. The van der Waals surface area contributed by atoms with Gasteiger partial charge < -0.3 is 20.4 Å². The Morgan fingerprint density at radius 1 is 1.05 bits per heavy atom. The summed E-state index contributed by atoms with van der Waals surface area (Å²) in [5.41, 5.74) is 7.15. The molecule has 1 atom stereocenters. The number of rotatable bonds is 2. The number of aromatic nitrogens is 2. The average Bonchev–Trinajstić information content (AvgIpc) is 2.48. The number of nitrogens with zero attached hydrogens (tertiary/aromatic N) is 5. The van der Waals surface area contributed by atoms with E-state index < -0.39 is 0 Å². The van der Waals surface area contributed by atoms with Crippen molar-refractivity contribution in [3.8, 4) is 0 Å². The van der Waals surface area contributed by atoms with Crippen molar-refractivity contribution in [2.75, 3.05) is 61.8 Å². The van der Waals surface area contributed by atoms with Gasteiger partial charge in [0.15, 0.2) is 11.6 Å². The van der Waals surface area contributed by atoms with Crippen molar-refractivity contribution < 1.29 is 0 Å². The first kappa shape index (κ1) is 14.4. The number of likely N-dealkylation sites (N-methyl/N-ethyl adjacent to an activating group) is 1. The van der Waals surface area contributed by atoms with E-state index >= 15 is 0 Å². The quantitative estimate of drug-likeness (QED) is 0.878. The molecule has 2 fully saturated rings. The molecule has 1 aromatic rings. The number of piperazine rings is 1. The van der Waals surface area contributed by atoms with Crippen molar-refractivity contribution in [1.82, 2.24) is 14.9 Å². The standard InChI is InChI=1S/C15H26N6/c1-12-4-3-5-21(10-12)15-13(16)14(17-11-18-15)20-8-6-19(2)7-9-20/h11-12H,3-10,16H2,1-2H3. The summed E-state index contributed by atoms with van der Waals surface area (Å²) >= 11 is 0. The lowest BCUT2D eigenvalue weighted by Crippen LogP contribution is -2.45. The Morgan fingerprint density at radius 3 is 2.38 bits per heavy atom. The summed E-state index contributed by atoms with van der Waals surface area (Å²) in [6, 6.07) is 0. The number of anilines is 3. The lowest BCUT2D eigenvalue weighted by molar-refractivity contribution is 0.312. The van der Waals surface area contributed by atoms with Gasteiger partial charge in [0, 0.05) is 39.3 Å². The van der Waals surface area contributed by atoms with Crippen LogP contribution in [-0.2, 0) is 0 Å². The first-order valence-corrected chi connectivity index (χ1v) is 7.94. The second-order valence-corrected chi connectivity index (χ2v) is 6.42. The van der Waals surface area contributed by atoms with E-state index in [0.717, 1.165) is 56.6 Å². The van der Waals surface area contributed by atoms with Gasteiger partial charge in [-0.3, -0.25) is 0 Å². The van der Waals surface area contributed by atoms with Crippen LogP contribution in [0.4, 0.5) is 17.3 Å². The summed E-state index contributed by atoms with van der Waals surface area (Å²) in [5.74, 6) is 2.54. The van der Waals surface area contributed by atoms with Gasteiger partial charge in [-0.25, -0.2) is 9.97 Å². The molecular formula is C15H26N6. The second kappa shape index (κ2) is 6.05. The molecule has 3 heterocycles. The first-order valence-electron chi connectivity index (χ1n) is 7.94. The van der Waals surface area contributed by atoms with Gasteiger partial charge in [0.05, 0.1) is 0 Å². The van der Waals surface area contributed by atoms with Crippen LogP contribution in [0.25, 0.3) is 0 Å². The highest BCUT2D eigenvalue weighted by atomic mass is 15.3. The van der Waals surface area contributed by atoms with Crippen molar-refractivity contribution in [3.63, 3.8) is 0 Å². The summed E-state index contributed by atoms with van der Waals surface area (Å²) < 4.78 is 0. The van der Waals surface area contributed by atoms with Crippen LogP contribution in [-0.4, -0.2) is 61.2 Å². The Bertz CT molecular complexity index is 483. The van der Waals surface area contributed by atoms with E-state index in [4.69, 9.17) is 5.73 Å². The molecule has 21 heavy (non-hydrogen) atoms. The van der Waals surface area contributed by atoms with Crippen molar-refractivity contribution in [2.45, 2.75) is 19.8 Å². The zero-order valence-electron chi connectivity index (χ0n) is 13.1. The highest BCUT2D eigenvalue weighted by molar-refractivity contribution is 5.75. The second-order valence-electron chi connectivity index (χ2n) is 6.42. The third kappa shape index (κ3) is 3.05. The van der Waals surface area contributed by atoms with Gasteiger partial charge in [0.2, 0.25) is 0 Å². The predicted molar refractivity (Wildman–Crippen MR) is 86.8 cm³/mol. The van der Waals surface area contributed by atoms with E-state index in [0.29, 0.717) is 5.92 Å². The van der Waals surface area contributed by atoms with Crippen molar-refractivity contribution in [3.05, 3.63) is 6.33 Å². The third-order valence-electron chi connectivity index (χ3n) is 4.60. The molecular weight excluding hydrogens is 264 g/mol. The zero-order valence-corrected chi connectivity index (χ0v) is 13.1. The molecule has 2 saturated heterocycles. The number of nitrogens with two attached hydrogens (primary N) is 1. The maximum atomic E-state index is 6.40. The maximum Gasteiger partial charge on any atom is 0.157 e. The van der Waals surface area contributed by atoms with E-state index in [-0.39, 0.29) is 0 Å². The van der Waals surface area contributed by atoms with Crippen LogP contribution in [0, 0.1) is 5.92 Å². The normalized spacial score (nSPS) is 24.4. The minimum Gasteiger partial charge on any atom is -0.393 e. The molecule has 0 aromatic carbocycles. The lowest BCUT2D eigenvalue weighted by atomic mass is 10.0. The minimum atomic E-state index is 0.709. The van der Waals surface area contributed by atoms with Crippen LogP contribution in [0.5, 0.6) is 0 Å². The third-order valence-corrected chi connectivity index (χ3v) is 4.60. The van der Waals surface area contributed by atoms with Crippen LogP contribution in [0.2, 0.25) is 0 Å². The summed E-state index contributed by atoms with van der Waals surface area (Å²) in [6.45, 7) is 8.46. The van der Waals surface area contributed by atoms with Gasteiger partial charge >= 0.3 is 0 Å². The topological polar surface area (TPSA) is 61.5 Å². The molecule has 0 bridgehead atoms. The number of piperidine rings is 1. The van der Waals surface area contributed by atoms with Gasteiger partial charge in [0.1, 0.15) is 12.0 Å². The molecule has 0 saturated carbocycles. The van der Waals surface area contributed by atoms with E-state index in [1.54, 1.807) is 6.33 Å². The fraction of sp³-hybridized carbons (Fsp3) is 0.733. The summed E-state index contributed by atoms with van der Waals surface area (Å²) in [6.07, 6.45) is 4.18. The van der Waals surface area contributed by atoms with Crippen LogP contribution in [0.15, 0.2) is 6.33 Å². The molecule has 2 aliphatic rings. The van der Waals surface area contributed by atoms with Crippen molar-refractivity contribution in [1.29, 1.82) is 0 Å². The minimum absolute atomic E-state index is 0.709. The highest BCUT2D eigenvalue weighted by Gasteiger charge is 2.24. The average molecular weight is 290 g/mol. The van der Waals surface area contributed by atoms with Crippen LogP contribution >= 0.6 is 0 Å². The predicted octanol–water partition coefficient (Wildman–Crippen LogP) is 1.05. The number of hydrogen-bond donors (Lipinski definition) is 1. The molecule has 0 amide bonds. The Balaban J connectivity index is 1.81.